The van der Waals surface area contributed by atoms with E-state index in [0.29, 0.717) is 12.4 Å². The molecule has 0 bridgehead atoms. The first-order valence-corrected chi connectivity index (χ1v) is 9.81. The first kappa shape index (κ1) is 19.5. The predicted molar refractivity (Wildman–Crippen MR) is 115 cm³/mol. The summed E-state index contributed by atoms with van der Waals surface area (Å²) in [5.41, 5.74) is 2.96. The lowest BCUT2D eigenvalue weighted by molar-refractivity contribution is 0.132. The molecule has 152 valence electrons. The predicted octanol–water partition coefficient (Wildman–Crippen LogP) is 3.53. The molecule has 0 spiro atoms. The minimum atomic E-state index is -0.221. The molecular formula is C22H27FN6. The van der Waals surface area contributed by atoms with Gasteiger partial charge in [-0.3, -0.25) is 0 Å². The Morgan fingerprint density at radius 1 is 1.14 bits per heavy atom. The molecule has 0 aliphatic carbocycles. The Balaban J connectivity index is 1.61. The molecule has 4 rings (SSSR count). The van der Waals surface area contributed by atoms with E-state index in [4.69, 9.17) is 0 Å². The number of nitrogens with one attached hydrogen (secondary N) is 1. The Labute approximate surface area is 170 Å². The number of hydrogen-bond acceptors (Lipinski definition) is 6. The minimum absolute atomic E-state index is 0.171. The summed E-state index contributed by atoms with van der Waals surface area (Å²) < 4.78 is 13.4. The van der Waals surface area contributed by atoms with Gasteiger partial charge in [0.1, 0.15) is 11.6 Å². The number of hydrogen-bond donors (Lipinski definition) is 1. The number of nitrogens with zero attached hydrogens (tertiary/aromatic N) is 5. The fraction of sp³-hybridized carbons (Fsp3) is 0.409. The minimum Gasteiger partial charge on any atom is -0.364 e. The van der Waals surface area contributed by atoms with Crippen LogP contribution in [0, 0.1) is 19.7 Å². The number of rotatable bonds is 5. The number of fused-ring (bicyclic) bond motifs is 1. The highest BCUT2D eigenvalue weighted by atomic mass is 19.1. The van der Waals surface area contributed by atoms with E-state index in [2.05, 4.69) is 57.4 Å². The second-order valence-corrected chi connectivity index (χ2v) is 8.39. The molecule has 0 unspecified atom stereocenters. The molecule has 1 N–H and O–H groups in total. The number of benzene rings is 1. The normalized spacial score (nSPS) is 15.6. The summed E-state index contributed by atoms with van der Waals surface area (Å²) >= 11 is 0. The Morgan fingerprint density at radius 2 is 1.90 bits per heavy atom. The quantitative estimate of drug-likeness (QED) is 0.714. The van der Waals surface area contributed by atoms with Crippen molar-refractivity contribution in [2.24, 2.45) is 0 Å². The van der Waals surface area contributed by atoms with Crippen molar-refractivity contribution in [1.29, 1.82) is 0 Å². The molecule has 1 fully saturated rings. The van der Waals surface area contributed by atoms with E-state index in [0.717, 1.165) is 46.5 Å². The van der Waals surface area contributed by atoms with Crippen LogP contribution in [0.4, 0.5) is 16.0 Å². The monoisotopic (exact) mass is 394 g/mol. The fourth-order valence-corrected chi connectivity index (χ4v) is 3.72. The van der Waals surface area contributed by atoms with Crippen LogP contribution in [0.1, 0.15) is 23.7 Å². The molecule has 1 aromatic carbocycles. The van der Waals surface area contributed by atoms with E-state index < -0.39 is 0 Å². The number of likely N-dealkylation sites (N-methyl/N-ethyl adjacent to an activating group) is 1. The molecule has 1 aliphatic heterocycles. The van der Waals surface area contributed by atoms with Crippen LogP contribution in [0.3, 0.4) is 0 Å². The second-order valence-electron chi connectivity index (χ2n) is 8.39. The van der Waals surface area contributed by atoms with Gasteiger partial charge in [0.15, 0.2) is 5.82 Å². The van der Waals surface area contributed by atoms with Crippen LogP contribution in [0.5, 0.6) is 0 Å². The largest absolute Gasteiger partial charge is 0.364 e. The van der Waals surface area contributed by atoms with Gasteiger partial charge in [-0.25, -0.2) is 9.37 Å². The van der Waals surface area contributed by atoms with Gasteiger partial charge >= 0.3 is 0 Å². The molecule has 0 radical (unpaired) electrons. The molecule has 6 nitrogen and oxygen atoms in total. The van der Waals surface area contributed by atoms with Crippen molar-refractivity contribution < 1.29 is 4.39 Å². The average molecular weight is 394 g/mol. The van der Waals surface area contributed by atoms with Crippen molar-refractivity contribution in [3.05, 3.63) is 53.1 Å². The van der Waals surface area contributed by atoms with E-state index in [1.165, 1.54) is 6.07 Å². The summed E-state index contributed by atoms with van der Waals surface area (Å²) in [4.78, 5) is 9.21. The lowest BCUT2D eigenvalue weighted by Crippen LogP contribution is -2.67. The molecule has 3 aromatic rings. The van der Waals surface area contributed by atoms with Gasteiger partial charge in [-0.2, -0.15) is 5.10 Å². The standard InChI is InChI=1S/C22H27FN6/c1-14-8-17(23)7-6-16(14)10-25-21-18-9-20(24-11-19(18)15(2)26-27-21)29-12-22(3,13-29)28(4)5/h6-9,11H,10,12-13H2,1-5H3,(H,25,27). The summed E-state index contributed by atoms with van der Waals surface area (Å²) in [7, 11) is 4.23. The zero-order chi connectivity index (χ0) is 20.8. The fourth-order valence-electron chi connectivity index (χ4n) is 3.72. The van der Waals surface area contributed by atoms with E-state index >= 15 is 0 Å². The summed E-state index contributed by atoms with van der Waals surface area (Å²) in [5.74, 6) is 1.45. The Kier molecular flexibility index (Phi) is 4.86. The molecule has 1 saturated heterocycles. The summed E-state index contributed by atoms with van der Waals surface area (Å²) in [6, 6.07) is 6.92. The highest BCUT2D eigenvalue weighted by Gasteiger charge is 2.41. The molecule has 7 heteroatoms. The zero-order valence-corrected chi connectivity index (χ0v) is 17.6. The SMILES string of the molecule is Cc1cc(F)ccc1CNc1nnc(C)c2cnc(N3CC(C)(N(C)C)C3)cc12. The third-order valence-corrected chi connectivity index (χ3v) is 6.05. The Hall–Kier alpha value is -2.80. The van der Waals surface area contributed by atoms with Crippen LogP contribution in [-0.2, 0) is 6.54 Å². The van der Waals surface area contributed by atoms with Gasteiger partial charge in [-0.05, 0) is 64.2 Å². The van der Waals surface area contributed by atoms with Gasteiger partial charge in [0.25, 0.3) is 0 Å². The summed E-state index contributed by atoms with van der Waals surface area (Å²) in [6.45, 7) is 8.54. The number of pyridine rings is 1. The average Bonchev–Trinajstić information content (AvgIpc) is 2.65. The van der Waals surface area contributed by atoms with Gasteiger partial charge < -0.3 is 15.1 Å². The van der Waals surface area contributed by atoms with Crippen molar-refractivity contribution in [1.82, 2.24) is 20.1 Å². The maximum absolute atomic E-state index is 13.4. The smallest absolute Gasteiger partial charge is 0.157 e. The van der Waals surface area contributed by atoms with Crippen molar-refractivity contribution >= 4 is 22.4 Å². The highest BCUT2D eigenvalue weighted by molar-refractivity contribution is 5.94. The molecule has 0 atom stereocenters. The number of anilines is 2. The van der Waals surface area contributed by atoms with Crippen LogP contribution in [0.2, 0.25) is 0 Å². The molecule has 29 heavy (non-hydrogen) atoms. The molecular weight excluding hydrogens is 367 g/mol. The van der Waals surface area contributed by atoms with Crippen molar-refractivity contribution in [2.45, 2.75) is 32.9 Å². The van der Waals surface area contributed by atoms with Crippen LogP contribution < -0.4 is 10.2 Å². The van der Waals surface area contributed by atoms with E-state index in [-0.39, 0.29) is 11.4 Å². The lowest BCUT2D eigenvalue weighted by atomic mass is 9.91. The van der Waals surface area contributed by atoms with Crippen molar-refractivity contribution in [2.75, 3.05) is 37.4 Å². The van der Waals surface area contributed by atoms with E-state index in [9.17, 15) is 4.39 Å². The third kappa shape index (κ3) is 3.62. The Morgan fingerprint density at radius 3 is 2.59 bits per heavy atom. The van der Waals surface area contributed by atoms with E-state index in [1.54, 1.807) is 12.1 Å². The summed E-state index contributed by atoms with van der Waals surface area (Å²) in [6.07, 6.45) is 1.88. The maximum Gasteiger partial charge on any atom is 0.157 e. The molecule has 3 heterocycles. The van der Waals surface area contributed by atoms with Crippen LogP contribution in [0.15, 0.2) is 30.5 Å². The van der Waals surface area contributed by atoms with Crippen LogP contribution in [0.25, 0.3) is 10.8 Å². The third-order valence-electron chi connectivity index (χ3n) is 6.05. The van der Waals surface area contributed by atoms with Crippen molar-refractivity contribution in [3.8, 4) is 0 Å². The first-order valence-electron chi connectivity index (χ1n) is 9.81. The van der Waals surface area contributed by atoms with Gasteiger partial charge in [0.05, 0.1) is 11.2 Å². The van der Waals surface area contributed by atoms with Crippen LogP contribution in [-0.4, -0.2) is 52.8 Å². The van der Waals surface area contributed by atoms with E-state index in [1.807, 2.05) is 20.0 Å². The van der Waals surface area contributed by atoms with Gasteiger partial charge in [0.2, 0.25) is 0 Å². The van der Waals surface area contributed by atoms with Crippen LogP contribution >= 0.6 is 0 Å². The van der Waals surface area contributed by atoms with Gasteiger partial charge in [-0.15, -0.1) is 5.10 Å². The lowest BCUT2D eigenvalue weighted by Gasteiger charge is -2.52. The molecule has 0 saturated carbocycles. The number of halogens is 1. The van der Waals surface area contributed by atoms with Gasteiger partial charge in [0, 0.05) is 36.6 Å². The summed E-state index contributed by atoms with van der Waals surface area (Å²) in [5, 5.41) is 14.0. The molecule has 0 amide bonds. The number of aryl methyl sites for hydroxylation is 2. The zero-order valence-electron chi connectivity index (χ0n) is 17.6. The Bertz CT molecular complexity index is 1060. The molecule has 1 aliphatic rings. The topological polar surface area (TPSA) is 57.2 Å². The maximum atomic E-state index is 13.4. The second kappa shape index (κ2) is 7.22. The van der Waals surface area contributed by atoms with Crippen molar-refractivity contribution in [3.63, 3.8) is 0 Å². The number of aromatic nitrogens is 3. The highest BCUT2D eigenvalue weighted by Crippen LogP contribution is 2.32. The molecule has 2 aromatic heterocycles. The van der Waals surface area contributed by atoms with Gasteiger partial charge in [-0.1, -0.05) is 6.07 Å². The first-order chi connectivity index (χ1) is 13.8.